The minimum Gasteiger partial charge on any atom is -0.354 e. The van der Waals surface area contributed by atoms with E-state index in [0.29, 0.717) is 34.5 Å². The second-order valence-corrected chi connectivity index (χ2v) is 8.23. The van der Waals surface area contributed by atoms with Crippen LogP contribution >= 0.6 is 23.2 Å². The molecule has 0 unspecified atom stereocenters. The van der Waals surface area contributed by atoms with Crippen LogP contribution in [0.4, 0.5) is 0 Å². The highest BCUT2D eigenvalue weighted by molar-refractivity contribution is 6.36. The van der Waals surface area contributed by atoms with Gasteiger partial charge in [-0.3, -0.25) is 9.59 Å². The molecule has 0 fully saturated rings. The lowest BCUT2D eigenvalue weighted by molar-refractivity contribution is -0.141. The molecule has 0 bridgehead atoms. The molecule has 29 heavy (non-hydrogen) atoms. The Hall–Kier alpha value is -2.04. The number of nitrogens with zero attached hydrogens (tertiary/aromatic N) is 1. The van der Waals surface area contributed by atoms with E-state index in [4.69, 9.17) is 23.2 Å². The Morgan fingerprint density at radius 2 is 1.62 bits per heavy atom. The van der Waals surface area contributed by atoms with Crippen LogP contribution < -0.4 is 5.32 Å². The Kier molecular flexibility index (Phi) is 8.99. The Morgan fingerprint density at radius 3 is 2.17 bits per heavy atom. The molecule has 4 nitrogen and oxygen atoms in total. The monoisotopic (exact) mass is 434 g/mol. The molecule has 0 spiro atoms. The number of halogens is 2. The summed E-state index contributed by atoms with van der Waals surface area (Å²) in [5.74, 6) is 0.0128. The van der Waals surface area contributed by atoms with Crippen molar-refractivity contribution >= 4 is 35.0 Å². The molecule has 0 aromatic heterocycles. The quantitative estimate of drug-likeness (QED) is 0.595. The number of hydrogen-bond donors (Lipinski definition) is 1. The van der Waals surface area contributed by atoms with Crippen LogP contribution in [0.2, 0.25) is 10.0 Å². The van der Waals surface area contributed by atoms with E-state index in [1.807, 2.05) is 44.2 Å². The predicted molar refractivity (Wildman–Crippen MR) is 119 cm³/mol. The Balaban J connectivity index is 2.39. The summed E-state index contributed by atoms with van der Waals surface area (Å²) in [4.78, 5) is 27.6. The van der Waals surface area contributed by atoms with E-state index >= 15 is 0 Å². The smallest absolute Gasteiger partial charge is 0.243 e. The van der Waals surface area contributed by atoms with Gasteiger partial charge in [0.25, 0.3) is 0 Å². The van der Waals surface area contributed by atoms with Crippen LogP contribution in [-0.4, -0.2) is 29.3 Å². The summed E-state index contributed by atoms with van der Waals surface area (Å²) in [6.07, 6.45) is 0.698. The van der Waals surface area contributed by atoms with Crippen molar-refractivity contribution in [2.45, 2.75) is 46.2 Å². The van der Waals surface area contributed by atoms with Crippen LogP contribution in [-0.2, 0) is 22.6 Å². The van der Waals surface area contributed by atoms with Gasteiger partial charge in [0.05, 0.1) is 0 Å². The molecule has 0 heterocycles. The zero-order valence-corrected chi connectivity index (χ0v) is 18.6. The molecule has 1 atom stereocenters. The fraction of sp³-hybridized carbons (Fsp3) is 0.391. The van der Waals surface area contributed by atoms with Crippen molar-refractivity contribution in [2.75, 3.05) is 6.54 Å². The number of carbonyl (C=O) groups excluding carboxylic acids is 2. The van der Waals surface area contributed by atoms with Gasteiger partial charge in [0, 0.05) is 41.5 Å². The number of benzene rings is 2. The van der Waals surface area contributed by atoms with Gasteiger partial charge in [0.1, 0.15) is 6.04 Å². The van der Waals surface area contributed by atoms with Gasteiger partial charge < -0.3 is 10.2 Å². The summed E-state index contributed by atoms with van der Waals surface area (Å²) in [6, 6.07) is 14.3. The van der Waals surface area contributed by atoms with E-state index in [9.17, 15) is 9.59 Å². The van der Waals surface area contributed by atoms with Crippen LogP contribution in [0.1, 0.15) is 38.3 Å². The number of nitrogens with one attached hydrogen (secondary N) is 1. The van der Waals surface area contributed by atoms with Crippen LogP contribution in [0.15, 0.2) is 48.5 Å². The second kappa shape index (κ2) is 11.2. The van der Waals surface area contributed by atoms with Gasteiger partial charge in [-0.1, -0.05) is 80.4 Å². The van der Waals surface area contributed by atoms with E-state index in [1.54, 1.807) is 30.0 Å². The summed E-state index contributed by atoms with van der Waals surface area (Å²) in [5.41, 5.74) is 1.63. The number of rotatable bonds is 9. The van der Waals surface area contributed by atoms with Crippen LogP contribution in [0.5, 0.6) is 0 Å². The van der Waals surface area contributed by atoms with Crippen molar-refractivity contribution < 1.29 is 9.59 Å². The molecule has 2 rings (SSSR count). The first-order chi connectivity index (χ1) is 13.8. The lowest BCUT2D eigenvalue weighted by Crippen LogP contribution is -2.51. The van der Waals surface area contributed by atoms with Crippen molar-refractivity contribution in [3.63, 3.8) is 0 Å². The predicted octanol–water partition coefficient (Wildman–Crippen LogP) is 5.12. The SMILES string of the molecule is CCC(=O)N(Cc1c(Cl)cccc1Cl)[C@H](Cc1ccccc1)C(=O)NCC(C)C. The van der Waals surface area contributed by atoms with Crippen molar-refractivity contribution in [1.82, 2.24) is 10.2 Å². The minimum absolute atomic E-state index is 0.124. The first kappa shape index (κ1) is 23.2. The molecule has 156 valence electrons. The fourth-order valence-electron chi connectivity index (χ4n) is 3.03. The number of amides is 2. The number of hydrogen-bond acceptors (Lipinski definition) is 2. The Bertz CT molecular complexity index is 805. The van der Waals surface area contributed by atoms with Gasteiger partial charge in [-0.2, -0.15) is 0 Å². The van der Waals surface area contributed by atoms with Gasteiger partial charge in [-0.15, -0.1) is 0 Å². The summed E-state index contributed by atoms with van der Waals surface area (Å²) in [6.45, 7) is 6.58. The van der Waals surface area contributed by atoms with Crippen LogP contribution in [0.3, 0.4) is 0 Å². The molecular formula is C23H28Cl2N2O2. The topological polar surface area (TPSA) is 49.4 Å². The van der Waals surface area contributed by atoms with Crippen molar-refractivity contribution in [2.24, 2.45) is 5.92 Å². The molecular weight excluding hydrogens is 407 g/mol. The van der Waals surface area contributed by atoms with Gasteiger partial charge in [-0.05, 0) is 23.6 Å². The first-order valence-corrected chi connectivity index (χ1v) is 10.6. The molecule has 0 saturated heterocycles. The van der Waals surface area contributed by atoms with Crippen LogP contribution in [0, 0.1) is 5.92 Å². The summed E-state index contributed by atoms with van der Waals surface area (Å²) < 4.78 is 0. The van der Waals surface area contributed by atoms with E-state index in [2.05, 4.69) is 5.32 Å². The summed E-state index contributed by atoms with van der Waals surface area (Å²) >= 11 is 12.7. The highest BCUT2D eigenvalue weighted by atomic mass is 35.5. The maximum Gasteiger partial charge on any atom is 0.243 e. The zero-order valence-electron chi connectivity index (χ0n) is 17.1. The summed E-state index contributed by atoms with van der Waals surface area (Å²) in [7, 11) is 0. The first-order valence-electron chi connectivity index (χ1n) is 9.87. The minimum atomic E-state index is -0.657. The van der Waals surface area contributed by atoms with Gasteiger partial charge in [0.15, 0.2) is 0 Å². The highest BCUT2D eigenvalue weighted by Gasteiger charge is 2.30. The van der Waals surface area contributed by atoms with Crippen molar-refractivity contribution in [1.29, 1.82) is 0 Å². The van der Waals surface area contributed by atoms with Gasteiger partial charge in [0.2, 0.25) is 11.8 Å². The molecule has 0 aliphatic heterocycles. The molecule has 2 amide bonds. The van der Waals surface area contributed by atoms with E-state index in [1.165, 1.54) is 0 Å². The summed E-state index contributed by atoms with van der Waals surface area (Å²) in [5, 5.41) is 3.94. The molecule has 1 N–H and O–H groups in total. The molecule has 2 aromatic rings. The Morgan fingerprint density at radius 1 is 1.00 bits per heavy atom. The van der Waals surface area contributed by atoms with Crippen LogP contribution in [0.25, 0.3) is 0 Å². The third-order valence-electron chi connectivity index (χ3n) is 4.65. The van der Waals surface area contributed by atoms with E-state index in [0.717, 1.165) is 5.56 Å². The van der Waals surface area contributed by atoms with Gasteiger partial charge in [-0.25, -0.2) is 0 Å². The third kappa shape index (κ3) is 6.76. The van der Waals surface area contributed by atoms with Crippen molar-refractivity contribution in [3.05, 3.63) is 69.7 Å². The maximum absolute atomic E-state index is 13.1. The standard InChI is InChI=1S/C23H28Cl2N2O2/c1-4-22(28)27(15-18-19(24)11-8-12-20(18)25)21(23(29)26-14-16(2)3)13-17-9-6-5-7-10-17/h5-12,16,21H,4,13-15H2,1-3H3,(H,26,29)/t21-/m1/s1. The average Bonchev–Trinajstić information content (AvgIpc) is 2.70. The average molecular weight is 435 g/mol. The molecule has 0 aliphatic carbocycles. The molecule has 6 heteroatoms. The third-order valence-corrected chi connectivity index (χ3v) is 5.36. The zero-order chi connectivity index (χ0) is 21.4. The van der Waals surface area contributed by atoms with Gasteiger partial charge >= 0.3 is 0 Å². The molecule has 0 radical (unpaired) electrons. The highest BCUT2D eigenvalue weighted by Crippen LogP contribution is 2.27. The molecule has 2 aromatic carbocycles. The second-order valence-electron chi connectivity index (χ2n) is 7.42. The van der Waals surface area contributed by atoms with Crippen molar-refractivity contribution in [3.8, 4) is 0 Å². The molecule has 0 aliphatic rings. The van der Waals surface area contributed by atoms with E-state index in [-0.39, 0.29) is 24.8 Å². The normalized spacial score (nSPS) is 11.9. The number of carbonyl (C=O) groups is 2. The van der Waals surface area contributed by atoms with E-state index < -0.39 is 6.04 Å². The lowest BCUT2D eigenvalue weighted by Gasteiger charge is -2.32. The fourth-order valence-corrected chi connectivity index (χ4v) is 3.55. The lowest BCUT2D eigenvalue weighted by atomic mass is 10.0. The molecule has 0 saturated carbocycles. The largest absolute Gasteiger partial charge is 0.354 e. The maximum atomic E-state index is 13.1. The Labute approximate surface area is 183 Å².